The fraction of sp³-hybridized carbons (Fsp3) is 0.188. The van der Waals surface area contributed by atoms with Crippen molar-refractivity contribution in [2.24, 2.45) is 7.05 Å². The molecule has 1 N–H and O–H groups in total. The second kappa shape index (κ2) is 5.55. The summed E-state index contributed by atoms with van der Waals surface area (Å²) in [6.45, 7) is 0.642. The van der Waals surface area contributed by atoms with Gasteiger partial charge in [0.15, 0.2) is 0 Å². The number of hydrogen-bond donors (Lipinski definition) is 1. The molecule has 0 bridgehead atoms. The van der Waals surface area contributed by atoms with E-state index in [1.807, 2.05) is 60.1 Å². The Kier molecular flexibility index (Phi) is 3.61. The minimum Gasteiger partial charge on any atom is -0.354 e. The lowest BCUT2D eigenvalue weighted by molar-refractivity contribution is 0.898. The Bertz CT molecular complexity index is 706. The number of aryl methyl sites for hydroxylation is 1. The molecule has 3 rings (SSSR count). The fourth-order valence-electron chi connectivity index (χ4n) is 2.26. The predicted molar refractivity (Wildman–Crippen MR) is 84.2 cm³/mol. The molecule has 102 valence electrons. The van der Waals surface area contributed by atoms with E-state index < -0.39 is 0 Å². The Labute approximate surface area is 123 Å². The molecular weight excluding hydrogens is 270 g/mol. The van der Waals surface area contributed by atoms with Crippen LogP contribution in [-0.2, 0) is 7.05 Å². The summed E-state index contributed by atoms with van der Waals surface area (Å²) >= 11 is 6.41. The molecule has 0 amide bonds. The number of benzene rings is 2. The van der Waals surface area contributed by atoms with E-state index in [2.05, 4.69) is 16.4 Å². The van der Waals surface area contributed by atoms with Crippen LogP contribution in [-0.4, -0.2) is 16.1 Å². The summed E-state index contributed by atoms with van der Waals surface area (Å²) in [6.07, 6.45) is 0. The van der Waals surface area contributed by atoms with Crippen LogP contribution in [0.1, 0.15) is 10.9 Å². The number of nitrogens with one attached hydrogen (secondary N) is 1. The number of alkyl halides is 1. The van der Waals surface area contributed by atoms with Gasteiger partial charge in [-0.2, -0.15) is 0 Å². The van der Waals surface area contributed by atoms with Crippen molar-refractivity contribution >= 4 is 28.6 Å². The van der Waals surface area contributed by atoms with Crippen molar-refractivity contribution in [3.05, 3.63) is 60.2 Å². The van der Waals surface area contributed by atoms with Crippen LogP contribution in [0.4, 0.5) is 5.95 Å². The number of nitrogens with zero attached hydrogens (tertiary/aromatic N) is 2. The van der Waals surface area contributed by atoms with Gasteiger partial charge >= 0.3 is 0 Å². The van der Waals surface area contributed by atoms with E-state index in [1.54, 1.807) is 0 Å². The Morgan fingerprint density at radius 3 is 2.55 bits per heavy atom. The van der Waals surface area contributed by atoms with Gasteiger partial charge in [-0.05, 0) is 17.7 Å². The normalized spacial score (nSPS) is 12.5. The monoisotopic (exact) mass is 285 g/mol. The Balaban J connectivity index is 1.76. The van der Waals surface area contributed by atoms with Crippen LogP contribution >= 0.6 is 11.6 Å². The number of fused-ring (bicyclic) bond motifs is 1. The van der Waals surface area contributed by atoms with Crippen LogP contribution in [0, 0.1) is 0 Å². The maximum absolute atomic E-state index is 6.41. The molecule has 1 atom stereocenters. The van der Waals surface area contributed by atoms with Crippen LogP contribution in [0.15, 0.2) is 54.6 Å². The van der Waals surface area contributed by atoms with Crippen molar-refractivity contribution in [1.29, 1.82) is 0 Å². The van der Waals surface area contributed by atoms with Gasteiger partial charge in [-0.25, -0.2) is 4.98 Å². The van der Waals surface area contributed by atoms with E-state index >= 15 is 0 Å². The third kappa shape index (κ3) is 2.49. The molecule has 2 aromatic carbocycles. The highest BCUT2D eigenvalue weighted by atomic mass is 35.5. The van der Waals surface area contributed by atoms with E-state index in [9.17, 15) is 0 Å². The average Bonchev–Trinajstić information content (AvgIpc) is 2.83. The second-order valence-corrected chi connectivity index (χ2v) is 5.27. The maximum atomic E-state index is 6.41. The molecule has 3 aromatic rings. The van der Waals surface area contributed by atoms with E-state index in [0.717, 1.165) is 22.5 Å². The first-order valence-electron chi connectivity index (χ1n) is 6.60. The van der Waals surface area contributed by atoms with Crippen molar-refractivity contribution in [3.63, 3.8) is 0 Å². The molecule has 1 heterocycles. The van der Waals surface area contributed by atoms with E-state index in [1.165, 1.54) is 0 Å². The second-order valence-electron chi connectivity index (χ2n) is 4.74. The van der Waals surface area contributed by atoms with Crippen molar-refractivity contribution in [2.45, 2.75) is 5.38 Å². The van der Waals surface area contributed by atoms with Crippen LogP contribution in [0.2, 0.25) is 0 Å². The van der Waals surface area contributed by atoms with Gasteiger partial charge < -0.3 is 9.88 Å². The minimum atomic E-state index is -0.0731. The molecule has 0 aliphatic rings. The van der Waals surface area contributed by atoms with Crippen molar-refractivity contribution < 1.29 is 0 Å². The summed E-state index contributed by atoms with van der Waals surface area (Å²) < 4.78 is 2.05. The van der Waals surface area contributed by atoms with Gasteiger partial charge in [0.2, 0.25) is 5.95 Å². The average molecular weight is 286 g/mol. The third-order valence-corrected chi connectivity index (χ3v) is 3.79. The molecule has 0 aliphatic carbocycles. The predicted octanol–water partition coefficient (Wildman–Crippen LogP) is 3.97. The Morgan fingerprint density at radius 2 is 1.80 bits per heavy atom. The summed E-state index contributed by atoms with van der Waals surface area (Å²) in [5, 5.41) is 3.25. The lowest BCUT2D eigenvalue weighted by atomic mass is 10.1. The molecule has 1 aromatic heterocycles. The standard InChI is InChI=1S/C16H16ClN3/c1-20-15-10-6-5-9-14(15)19-16(20)18-11-13(17)12-7-3-2-4-8-12/h2-10,13H,11H2,1H3,(H,18,19). The van der Waals surface area contributed by atoms with Gasteiger partial charge in [0.1, 0.15) is 0 Å². The number of rotatable bonds is 4. The number of para-hydroxylation sites is 2. The first-order chi connectivity index (χ1) is 9.75. The van der Waals surface area contributed by atoms with Gasteiger partial charge in [0.25, 0.3) is 0 Å². The molecule has 0 saturated heterocycles. The zero-order valence-corrected chi connectivity index (χ0v) is 12.0. The zero-order chi connectivity index (χ0) is 13.9. The van der Waals surface area contributed by atoms with Gasteiger partial charge in [0.05, 0.1) is 16.4 Å². The zero-order valence-electron chi connectivity index (χ0n) is 11.3. The van der Waals surface area contributed by atoms with Gasteiger partial charge in [-0.15, -0.1) is 11.6 Å². The SMILES string of the molecule is Cn1c(NCC(Cl)c2ccccc2)nc2ccccc21. The van der Waals surface area contributed by atoms with E-state index in [0.29, 0.717) is 6.54 Å². The van der Waals surface area contributed by atoms with Crippen LogP contribution < -0.4 is 5.32 Å². The molecule has 0 radical (unpaired) electrons. The summed E-state index contributed by atoms with van der Waals surface area (Å²) in [5.74, 6) is 0.841. The molecule has 0 aliphatic heterocycles. The first kappa shape index (κ1) is 13.0. The molecule has 0 saturated carbocycles. The van der Waals surface area contributed by atoms with Crippen molar-refractivity contribution in [2.75, 3.05) is 11.9 Å². The summed E-state index contributed by atoms with van der Waals surface area (Å²) in [4.78, 5) is 4.57. The largest absolute Gasteiger partial charge is 0.354 e. The van der Waals surface area contributed by atoms with Gasteiger partial charge in [0, 0.05) is 13.6 Å². The van der Waals surface area contributed by atoms with Gasteiger partial charge in [-0.1, -0.05) is 42.5 Å². The molecular formula is C16H16ClN3. The highest BCUT2D eigenvalue weighted by Crippen LogP contribution is 2.22. The van der Waals surface area contributed by atoms with Crippen LogP contribution in [0.5, 0.6) is 0 Å². The Hall–Kier alpha value is -2.00. The number of imidazole rings is 1. The first-order valence-corrected chi connectivity index (χ1v) is 7.03. The quantitative estimate of drug-likeness (QED) is 0.735. The minimum absolute atomic E-state index is 0.0731. The number of hydrogen-bond acceptors (Lipinski definition) is 2. The van der Waals surface area contributed by atoms with Crippen LogP contribution in [0.3, 0.4) is 0 Å². The number of aromatic nitrogens is 2. The number of halogens is 1. The maximum Gasteiger partial charge on any atom is 0.203 e. The summed E-state index contributed by atoms with van der Waals surface area (Å²) in [7, 11) is 2.00. The van der Waals surface area contributed by atoms with Crippen molar-refractivity contribution in [1.82, 2.24) is 9.55 Å². The third-order valence-electron chi connectivity index (χ3n) is 3.39. The van der Waals surface area contributed by atoms with Crippen LogP contribution in [0.25, 0.3) is 11.0 Å². The highest BCUT2D eigenvalue weighted by Gasteiger charge is 2.10. The number of anilines is 1. The highest BCUT2D eigenvalue weighted by molar-refractivity contribution is 6.21. The molecule has 20 heavy (non-hydrogen) atoms. The lowest BCUT2D eigenvalue weighted by Gasteiger charge is -2.11. The van der Waals surface area contributed by atoms with E-state index in [-0.39, 0.29) is 5.38 Å². The topological polar surface area (TPSA) is 29.9 Å². The smallest absolute Gasteiger partial charge is 0.203 e. The molecule has 3 nitrogen and oxygen atoms in total. The Morgan fingerprint density at radius 1 is 1.10 bits per heavy atom. The van der Waals surface area contributed by atoms with Crippen molar-refractivity contribution in [3.8, 4) is 0 Å². The van der Waals surface area contributed by atoms with E-state index in [4.69, 9.17) is 11.6 Å². The fourth-order valence-corrected chi connectivity index (χ4v) is 2.49. The molecule has 0 spiro atoms. The molecule has 1 unspecified atom stereocenters. The molecule has 4 heteroatoms. The van der Waals surface area contributed by atoms with Gasteiger partial charge in [-0.3, -0.25) is 0 Å². The summed E-state index contributed by atoms with van der Waals surface area (Å²) in [5.41, 5.74) is 3.21. The summed E-state index contributed by atoms with van der Waals surface area (Å²) in [6, 6.07) is 18.1. The molecule has 0 fully saturated rings. The lowest BCUT2D eigenvalue weighted by Crippen LogP contribution is -2.11.